The SMILES string of the molecule is CS(=O)(=O)N1CCN(Cc2ccc([N+](=O)[O-])c(CC(O)c3cc4ccccc4nc3Cl)c2)CC1. The number of nitro benzene ring substituents is 1. The molecule has 0 spiro atoms. The maximum absolute atomic E-state index is 11.7. The molecule has 0 aliphatic carbocycles. The first-order valence-electron chi connectivity index (χ1n) is 10.8. The zero-order valence-electron chi connectivity index (χ0n) is 18.6. The van der Waals surface area contributed by atoms with E-state index in [1.54, 1.807) is 18.2 Å². The predicted molar refractivity (Wildman–Crippen MR) is 130 cm³/mol. The van der Waals surface area contributed by atoms with Gasteiger partial charge in [0.05, 0.1) is 22.8 Å². The fourth-order valence-electron chi connectivity index (χ4n) is 4.22. The number of hydrogen-bond donors (Lipinski definition) is 1. The first kappa shape index (κ1) is 24.5. The number of piperazine rings is 1. The number of benzene rings is 2. The van der Waals surface area contributed by atoms with E-state index in [9.17, 15) is 23.6 Å². The summed E-state index contributed by atoms with van der Waals surface area (Å²) in [5, 5.41) is 23.5. The molecule has 1 aliphatic rings. The highest BCUT2D eigenvalue weighted by Crippen LogP contribution is 2.31. The summed E-state index contributed by atoms with van der Waals surface area (Å²) in [6.45, 7) is 2.48. The lowest BCUT2D eigenvalue weighted by Gasteiger charge is -2.33. The standard InChI is InChI=1S/C23H25ClN4O5S/c1-34(32,33)27-10-8-26(9-11-27)15-16-6-7-21(28(30)31)18(12-16)14-22(29)19-13-17-4-2-3-5-20(17)25-23(19)24/h2-7,12-13,22,29H,8-11,14-15H2,1H3. The number of aliphatic hydroxyl groups is 1. The monoisotopic (exact) mass is 504 g/mol. The van der Waals surface area contributed by atoms with Crippen LogP contribution in [0.5, 0.6) is 0 Å². The van der Waals surface area contributed by atoms with Crippen molar-refractivity contribution in [3.8, 4) is 0 Å². The van der Waals surface area contributed by atoms with E-state index in [4.69, 9.17) is 11.6 Å². The Morgan fingerprint density at radius 3 is 2.53 bits per heavy atom. The molecule has 0 bridgehead atoms. The molecular formula is C23H25ClN4O5S. The molecule has 3 aromatic rings. The zero-order valence-corrected chi connectivity index (χ0v) is 20.2. The van der Waals surface area contributed by atoms with Crippen LogP contribution in [0.3, 0.4) is 0 Å². The minimum Gasteiger partial charge on any atom is -0.388 e. The van der Waals surface area contributed by atoms with Gasteiger partial charge in [0.2, 0.25) is 10.0 Å². The number of nitro groups is 1. The number of pyridine rings is 1. The smallest absolute Gasteiger partial charge is 0.272 e. The second kappa shape index (κ2) is 9.93. The van der Waals surface area contributed by atoms with Gasteiger partial charge in [-0.2, -0.15) is 4.31 Å². The Morgan fingerprint density at radius 2 is 1.85 bits per heavy atom. The molecule has 9 nitrogen and oxygen atoms in total. The average molecular weight is 505 g/mol. The second-order valence-corrected chi connectivity index (χ2v) is 10.8. The van der Waals surface area contributed by atoms with Crippen molar-refractivity contribution >= 4 is 38.2 Å². The summed E-state index contributed by atoms with van der Waals surface area (Å²) in [4.78, 5) is 17.6. The van der Waals surface area contributed by atoms with Crippen molar-refractivity contribution in [2.24, 2.45) is 0 Å². The van der Waals surface area contributed by atoms with Gasteiger partial charge in [-0.25, -0.2) is 13.4 Å². The summed E-state index contributed by atoms with van der Waals surface area (Å²) in [6.07, 6.45) is 0.136. The number of fused-ring (bicyclic) bond motifs is 1. The Labute approximate surface area is 202 Å². The van der Waals surface area contributed by atoms with Gasteiger partial charge >= 0.3 is 0 Å². The molecule has 1 saturated heterocycles. The lowest BCUT2D eigenvalue weighted by molar-refractivity contribution is -0.385. The number of rotatable bonds is 7. The molecule has 0 amide bonds. The van der Waals surface area contributed by atoms with Crippen LogP contribution in [0.1, 0.15) is 22.8 Å². The summed E-state index contributed by atoms with van der Waals surface area (Å²) in [7, 11) is -3.21. The van der Waals surface area contributed by atoms with Gasteiger partial charge in [0, 0.05) is 61.7 Å². The molecule has 0 radical (unpaired) electrons. The van der Waals surface area contributed by atoms with Crippen LogP contribution < -0.4 is 0 Å². The van der Waals surface area contributed by atoms with Crippen molar-refractivity contribution in [3.05, 3.63) is 80.5 Å². The quantitative estimate of drug-likeness (QED) is 0.298. The van der Waals surface area contributed by atoms with E-state index >= 15 is 0 Å². The van der Waals surface area contributed by atoms with Crippen LogP contribution in [-0.4, -0.2) is 65.1 Å². The molecule has 180 valence electrons. The number of nitrogens with zero attached hydrogens (tertiary/aromatic N) is 4. The molecule has 1 aliphatic heterocycles. The molecule has 34 heavy (non-hydrogen) atoms. The molecule has 4 rings (SSSR count). The van der Waals surface area contributed by atoms with Gasteiger partial charge in [-0.3, -0.25) is 15.0 Å². The molecule has 1 unspecified atom stereocenters. The van der Waals surface area contributed by atoms with Gasteiger partial charge in [0.15, 0.2) is 0 Å². The molecular weight excluding hydrogens is 480 g/mol. The largest absolute Gasteiger partial charge is 0.388 e. The van der Waals surface area contributed by atoms with Crippen LogP contribution in [-0.2, 0) is 23.0 Å². The Kier molecular flexibility index (Phi) is 7.15. The van der Waals surface area contributed by atoms with Crippen LogP contribution in [0.2, 0.25) is 5.15 Å². The highest BCUT2D eigenvalue weighted by molar-refractivity contribution is 7.88. The highest BCUT2D eigenvalue weighted by atomic mass is 35.5. The normalized spacial score (nSPS) is 16.6. The van der Waals surface area contributed by atoms with Crippen LogP contribution in [0.15, 0.2) is 48.5 Å². The first-order chi connectivity index (χ1) is 16.1. The van der Waals surface area contributed by atoms with E-state index in [-0.39, 0.29) is 17.3 Å². The molecule has 1 aromatic heterocycles. The maximum Gasteiger partial charge on any atom is 0.272 e. The van der Waals surface area contributed by atoms with Gasteiger partial charge < -0.3 is 5.11 Å². The number of hydrogen-bond acceptors (Lipinski definition) is 7. The van der Waals surface area contributed by atoms with E-state index in [0.29, 0.717) is 49.4 Å². The third-order valence-corrected chi connectivity index (χ3v) is 7.63. The lowest BCUT2D eigenvalue weighted by Crippen LogP contribution is -2.47. The number of aromatic nitrogens is 1. The van der Waals surface area contributed by atoms with Crippen LogP contribution in [0.25, 0.3) is 10.9 Å². The van der Waals surface area contributed by atoms with Crippen molar-refractivity contribution in [1.29, 1.82) is 0 Å². The predicted octanol–water partition coefficient (Wildman–Crippen LogP) is 3.15. The van der Waals surface area contributed by atoms with E-state index < -0.39 is 21.1 Å². The van der Waals surface area contributed by atoms with Crippen LogP contribution in [0, 0.1) is 10.1 Å². The highest BCUT2D eigenvalue weighted by Gasteiger charge is 2.25. The molecule has 0 saturated carbocycles. The average Bonchev–Trinajstić information content (AvgIpc) is 2.78. The van der Waals surface area contributed by atoms with Gasteiger partial charge in [0.25, 0.3) is 5.69 Å². The van der Waals surface area contributed by atoms with Gasteiger partial charge in [0.1, 0.15) is 5.15 Å². The van der Waals surface area contributed by atoms with Gasteiger partial charge in [-0.15, -0.1) is 0 Å². The molecule has 1 N–H and O–H groups in total. The molecule has 2 heterocycles. The third-order valence-electron chi connectivity index (χ3n) is 6.02. The maximum atomic E-state index is 11.7. The van der Waals surface area contributed by atoms with E-state index in [1.165, 1.54) is 16.6 Å². The van der Waals surface area contributed by atoms with Crippen molar-refractivity contribution in [2.75, 3.05) is 32.4 Å². The Balaban J connectivity index is 1.54. The number of sulfonamides is 1. The number of aliphatic hydroxyl groups excluding tert-OH is 1. The third kappa shape index (κ3) is 5.53. The van der Waals surface area contributed by atoms with Crippen LogP contribution in [0.4, 0.5) is 5.69 Å². The van der Waals surface area contributed by atoms with Crippen molar-refractivity contribution in [3.63, 3.8) is 0 Å². The fraction of sp³-hybridized carbons (Fsp3) is 0.348. The summed E-state index contributed by atoms with van der Waals surface area (Å²) in [5.41, 5.74) is 2.29. The van der Waals surface area contributed by atoms with E-state index in [2.05, 4.69) is 9.88 Å². The second-order valence-electron chi connectivity index (χ2n) is 8.44. The summed E-state index contributed by atoms with van der Waals surface area (Å²) in [5.74, 6) is 0. The van der Waals surface area contributed by atoms with Gasteiger partial charge in [-0.05, 0) is 23.8 Å². The summed E-state index contributed by atoms with van der Waals surface area (Å²) < 4.78 is 24.9. The molecule has 2 aromatic carbocycles. The Morgan fingerprint density at radius 1 is 1.15 bits per heavy atom. The van der Waals surface area contributed by atoms with Crippen molar-refractivity contribution < 1.29 is 18.4 Å². The first-order valence-corrected chi connectivity index (χ1v) is 13.0. The van der Waals surface area contributed by atoms with Crippen molar-refractivity contribution in [2.45, 2.75) is 19.1 Å². The minimum absolute atomic E-state index is 0.00570. The molecule has 11 heteroatoms. The van der Waals surface area contributed by atoms with Crippen molar-refractivity contribution in [1.82, 2.24) is 14.2 Å². The Bertz CT molecular complexity index is 1330. The van der Waals surface area contributed by atoms with E-state index in [0.717, 1.165) is 10.9 Å². The van der Waals surface area contributed by atoms with Crippen LogP contribution >= 0.6 is 11.6 Å². The summed E-state index contributed by atoms with van der Waals surface area (Å²) >= 11 is 6.31. The number of halogens is 1. The molecule has 1 atom stereocenters. The van der Waals surface area contributed by atoms with E-state index in [1.807, 2.05) is 24.3 Å². The summed E-state index contributed by atoms with van der Waals surface area (Å²) in [6, 6.07) is 14.0. The molecule has 1 fully saturated rings. The zero-order chi connectivity index (χ0) is 24.5. The Hall–Kier alpha value is -2.63. The lowest BCUT2D eigenvalue weighted by atomic mass is 9.98. The minimum atomic E-state index is -3.21. The fourth-order valence-corrected chi connectivity index (χ4v) is 5.32. The number of para-hydroxylation sites is 1. The topological polar surface area (TPSA) is 117 Å². The van der Waals surface area contributed by atoms with Gasteiger partial charge in [-0.1, -0.05) is 35.9 Å².